The van der Waals surface area contributed by atoms with E-state index in [1.807, 2.05) is 13.2 Å². The van der Waals surface area contributed by atoms with Crippen molar-refractivity contribution in [3.8, 4) is 0 Å². The van der Waals surface area contributed by atoms with E-state index in [9.17, 15) is 8.42 Å². The molecule has 0 aliphatic heterocycles. The molecule has 0 aliphatic rings. The Bertz CT molecular complexity index is 458. The Balaban J connectivity index is 2.88. The minimum absolute atomic E-state index is 0.0152. The molecular formula is C10H16BrNO2S3. The number of hydrogen-bond acceptors (Lipinski definition) is 4. The molecule has 1 heterocycles. The van der Waals surface area contributed by atoms with Crippen LogP contribution in [0.3, 0.4) is 0 Å². The van der Waals surface area contributed by atoms with E-state index in [2.05, 4.69) is 15.9 Å². The van der Waals surface area contributed by atoms with Crippen LogP contribution in [0.5, 0.6) is 0 Å². The molecule has 0 fully saturated rings. The van der Waals surface area contributed by atoms with Gasteiger partial charge in [0.1, 0.15) is 4.21 Å². The van der Waals surface area contributed by atoms with E-state index in [1.54, 1.807) is 30.3 Å². The van der Waals surface area contributed by atoms with Gasteiger partial charge in [-0.1, -0.05) is 0 Å². The van der Waals surface area contributed by atoms with Crippen molar-refractivity contribution < 1.29 is 8.42 Å². The second-order valence-electron chi connectivity index (χ2n) is 3.71. The number of thiophene rings is 1. The summed E-state index contributed by atoms with van der Waals surface area (Å²) in [4.78, 5) is 0. The lowest BCUT2D eigenvalue weighted by atomic mass is 10.3. The van der Waals surface area contributed by atoms with Crippen LogP contribution in [0.4, 0.5) is 0 Å². The Morgan fingerprint density at radius 1 is 1.59 bits per heavy atom. The van der Waals surface area contributed by atoms with E-state index in [1.165, 1.54) is 15.6 Å². The first kappa shape index (κ1) is 15.5. The van der Waals surface area contributed by atoms with Crippen molar-refractivity contribution in [1.29, 1.82) is 0 Å². The zero-order valence-corrected chi connectivity index (χ0v) is 14.0. The van der Waals surface area contributed by atoms with Gasteiger partial charge in [0.15, 0.2) is 0 Å². The average molecular weight is 358 g/mol. The first-order chi connectivity index (χ1) is 7.91. The van der Waals surface area contributed by atoms with E-state index in [-0.39, 0.29) is 6.04 Å². The van der Waals surface area contributed by atoms with Crippen LogP contribution in [0.25, 0.3) is 0 Å². The Hall–Kier alpha value is 0.440. The van der Waals surface area contributed by atoms with Crippen LogP contribution in [-0.2, 0) is 10.0 Å². The van der Waals surface area contributed by atoms with Crippen LogP contribution < -0.4 is 0 Å². The third-order valence-corrected chi connectivity index (χ3v) is 7.82. The highest BCUT2D eigenvalue weighted by Crippen LogP contribution is 2.30. The molecule has 0 amide bonds. The highest BCUT2D eigenvalue weighted by Gasteiger charge is 2.27. The van der Waals surface area contributed by atoms with Crippen molar-refractivity contribution in [2.45, 2.75) is 23.6 Å². The molecule has 0 saturated heterocycles. The standard InChI is InChI=1S/C10H16BrNO2S3/c1-8(4-6-15-3)12(2)17(13,14)10-9(11)5-7-16-10/h5,7-8H,4,6H2,1-3H3. The van der Waals surface area contributed by atoms with Crippen molar-refractivity contribution in [3.05, 3.63) is 15.9 Å². The second-order valence-corrected chi connectivity index (χ2v) is 8.66. The summed E-state index contributed by atoms with van der Waals surface area (Å²) in [5.41, 5.74) is 0. The number of hydrogen-bond donors (Lipinski definition) is 0. The Kier molecular flexibility index (Phi) is 5.98. The van der Waals surface area contributed by atoms with Crippen LogP contribution in [0.15, 0.2) is 20.1 Å². The van der Waals surface area contributed by atoms with Gasteiger partial charge in [-0.25, -0.2) is 8.42 Å². The van der Waals surface area contributed by atoms with Crippen molar-refractivity contribution in [3.63, 3.8) is 0 Å². The summed E-state index contributed by atoms with van der Waals surface area (Å²) in [7, 11) is -1.71. The topological polar surface area (TPSA) is 37.4 Å². The molecular weight excluding hydrogens is 342 g/mol. The molecule has 1 rings (SSSR count). The smallest absolute Gasteiger partial charge is 0.206 e. The number of nitrogens with zero attached hydrogens (tertiary/aromatic N) is 1. The number of sulfonamides is 1. The summed E-state index contributed by atoms with van der Waals surface area (Å²) in [6.45, 7) is 1.94. The minimum Gasteiger partial charge on any atom is -0.206 e. The lowest BCUT2D eigenvalue weighted by Crippen LogP contribution is -2.35. The first-order valence-corrected chi connectivity index (χ1v) is 9.62. The fourth-order valence-corrected chi connectivity index (χ4v) is 5.75. The number of thioether (sulfide) groups is 1. The molecule has 1 atom stereocenters. The van der Waals surface area contributed by atoms with E-state index in [0.717, 1.165) is 12.2 Å². The third kappa shape index (κ3) is 3.70. The fourth-order valence-electron chi connectivity index (χ4n) is 1.30. The molecule has 0 spiro atoms. The molecule has 0 radical (unpaired) electrons. The molecule has 17 heavy (non-hydrogen) atoms. The van der Waals surface area contributed by atoms with Gasteiger partial charge in [0.25, 0.3) is 10.0 Å². The quantitative estimate of drug-likeness (QED) is 0.783. The monoisotopic (exact) mass is 357 g/mol. The fraction of sp³-hybridized carbons (Fsp3) is 0.600. The Morgan fingerprint density at radius 2 is 2.24 bits per heavy atom. The summed E-state index contributed by atoms with van der Waals surface area (Å²) in [6.07, 6.45) is 2.89. The summed E-state index contributed by atoms with van der Waals surface area (Å²) < 4.78 is 27.1. The largest absolute Gasteiger partial charge is 0.253 e. The van der Waals surface area contributed by atoms with E-state index in [0.29, 0.717) is 8.68 Å². The zero-order valence-electron chi connectivity index (χ0n) is 10.0. The molecule has 0 saturated carbocycles. The van der Waals surface area contributed by atoms with Crippen LogP contribution in [0, 0.1) is 0 Å². The molecule has 1 aromatic heterocycles. The predicted molar refractivity (Wildman–Crippen MR) is 79.4 cm³/mol. The number of halogens is 1. The molecule has 7 heteroatoms. The molecule has 0 aromatic carbocycles. The highest BCUT2D eigenvalue weighted by molar-refractivity contribution is 9.10. The van der Waals surface area contributed by atoms with Crippen LogP contribution in [0.2, 0.25) is 0 Å². The average Bonchev–Trinajstić information content (AvgIpc) is 2.71. The highest BCUT2D eigenvalue weighted by atomic mass is 79.9. The van der Waals surface area contributed by atoms with Gasteiger partial charge in [-0.3, -0.25) is 0 Å². The lowest BCUT2D eigenvalue weighted by Gasteiger charge is -2.23. The van der Waals surface area contributed by atoms with E-state index >= 15 is 0 Å². The Labute approximate surface area is 120 Å². The van der Waals surface area contributed by atoms with E-state index in [4.69, 9.17) is 0 Å². The van der Waals surface area contributed by atoms with E-state index < -0.39 is 10.0 Å². The van der Waals surface area contributed by atoms with Gasteiger partial charge < -0.3 is 0 Å². The van der Waals surface area contributed by atoms with Crippen molar-refractivity contribution >= 4 is 49.1 Å². The van der Waals surface area contributed by atoms with Crippen molar-refractivity contribution in [2.75, 3.05) is 19.1 Å². The van der Waals surface area contributed by atoms with Gasteiger partial charge in [-0.05, 0) is 52.7 Å². The number of rotatable bonds is 6. The molecule has 0 N–H and O–H groups in total. The maximum absolute atomic E-state index is 12.3. The second kappa shape index (κ2) is 6.56. The molecule has 1 unspecified atom stereocenters. The molecule has 0 bridgehead atoms. The van der Waals surface area contributed by atoms with Crippen LogP contribution >= 0.6 is 39.0 Å². The molecule has 3 nitrogen and oxygen atoms in total. The molecule has 1 aromatic rings. The maximum Gasteiger partial charge on any atom is 0.253 e. The summed E-state index contributed by atoms with van der Waals surface area (Å²) >= 11 is 6.25. The van der Waals surface area contributed by atoms with Gasteiger partial charge in [0, 0.05) is 17.6 Å². The predicted octanol–water partition coefficient (Wildman–Crippen LogP) is 3.27. The van der Waals surface area contributed by atoms with Gasteiger partial charge in [-0.2, -0.15) is 16.1 Å². The summed E-state index contributed by atoms with van der Waals surface area (Å²) in [6, 6.07) is 1.78. The van der Waals surface area contributed by atoms with Gasteiger partial charge in [-0.15, -0.1) is 11.3 Å². The molecule has 0 aliphatic carbocycles. The third-order valence-electron chi connectivity index (χ3n) is 2.56. The summed E-state index contributed by atoms with van der Waals surface area (Å²) in [5.74, 6) is 0.965. The zero-order chi connectivity index (χ0) is 13.1. The normalized spacial score (nSPS) is 14.2. The summed E-state index contributed by atoms with van der Waals surface area (Å²) in [5, 5.41) is 1.78. The lowest BCUT2D eigenvalue weighted by molar-refractivity contribution is 0.383. The van der Waals surface area contributed by atoms with Crippen LogP contribution in [0.1, 0.15) is 13.3 Å². The maximum atomic E-state index is 12.3. The Morgan fingerprint density at radius 3 is 2.71 bits per heavy atom. The minimum atomic E-state index is -3.36. The SMILES string of the molecule is CSCCC(C)N(C)S(=O)(=O)c1sccc1Br. The van der Waals surface area contributed by atoms with Gasteiger partial charge >= 0.3 is 0 Å². The molecule has 98 valence electrons. The van der Waals surface area contributed by atoms with Gasteiger partial charge in [0.2, 0.25) is 0 Å². The van der Waals surface area contributed by atoms with Gasteiger partial charge in [0.05, 0.1) is 0 Å². The van der Waals surface area contributed by atoms with Crippen molar-refractivity contribution in [2.24, 2.45) is 0 Å². The van der Waals surface area contributed by atoms with Crippen LogP contribution in [-0.4, -0.2) is 37.8 Å². The first-order valence-electron chi connectivity index (χ1n) is 5.11. The van der Waals surface area contributed by atoms with Crippen molar-refractivity contribution in [1.82, 2.24) is 4.31 Å².